The van der Waals surface area contributed by atoms with E-state index in [0.29, 0.717) is 19.5 Å². The Morgan fingerprint density at radius 2 is 1.65 bits per heavy atom. The van der Waals surface area contributed by atoms with E-state index in [1.807, 2.05) is 16.8 Å². The number of nitrogens with zero attached hydrogens (tertiary/aromatic N) is 2. The van der Waals surface area contributed by atoms with E-state index in [1.165, 1.54) is 12.1 Å². The first-order chi connectivity index (χ1) is 12.2. The molecular weight excluding hydrogens is 331 g/mol. The molecule has 26 heavy (non-hydrogen) atoms. The predicted octanol–water partition coefficient (Wildman–Crippen LogP) is 3.11. The van der Waals surface area contributed by atoms with Gasteiger partial charge in [0, 0.05) is 32.1 Å². The van der Waals surface area contributed by atoms with Crippen molar-refractivity contribution in [2.45, 2.75) is 56.9 Å². The maximum Gasteiger partial charge on any atom is 0.233 e. The molecule has 2 amide bonds. The van der Waals surface area contributed by atoms with Gasteiger partial charge in [-0.3, -0.25) is 9.59 Å². The lowest BCUT2D eigenvalue weighted by molar-refractivity contribution is -0.138. The summed E-state index contributed by atoms with van der Waals surface area (Å²) in [5.41, 5.74) is 0.206. The monoisotopic (exact) mass is 358 g/mol. The third kappa shape index (κ3) is 2.32. The molecule has 2 saturated heterocycles. The lowest BCUT2D eigenvalue weighted by atomic mass is 9.82. The molecule has 1 aliphatic carbocycles. The molecule has 0 radical (unpaired) electrons. The Labute approximate surface area is 154 Å². The Morgan fingerprint density at radius 3 is 2.12 bits per heavy atom. The number of hydrogen-bond acceptors (Lipinski definition) is 2. The van der Waals surface area contributed by atoms with Gasteiger partial charge in [0.1, 0.15) is 5.82 Å². The largest absolute Gasteiger partial charge is 0.342 e. The maximum absolute atomic E-state index is 13.5. The van der Waals surface area contributed by atoms with Crippen molar-refractivity contribution < 1.29 is 14.0 Å². The van der Waals surface area contributed by atoms with Gasteiger partial charge in [-0.25, -0.2) is 4.39 Å². The Bertz CT molecular complexity index is 750. The SMILES string of the molecule is CN1C(=O)CCC12CCN(C(=O)[C@@]1(c3ccc(F)cc3)CC1(C)C)CC2. The quantitative estimate of drug-likeness (QED) is 0.815. The average molecular weight is 358 g/mol. The van der Waals surface area contributed by atoms with Crippen LogP contribution >= 0.6 is 0 Å². The first kappa shape index (κ1) is 17.5. The number of benzene rings is 1. The second-order valence-electron chi connectivity index (χ2n) is 8.94. The van der Waals surface area contributed by atoms with Crippen LogP contribution in [0.25, 0.3) is 0 Å². The number of hydrogen-bond donors (Lipinski definition) is 0. The summed E-state index contributed by atoms with van der Waals surface area (Å²) < 4.78 is 13.4. The van der Waals surface area contributed by atoms with Crippen LogP contribution in [0.4, 0.5) is 4.39 Å². The fourth-order valence-corrected chi connectivity index (χ4v) is 5.26. The lowest BCUT2D eigenvalue weighted by Gasteiger charge is -2.44. The van der Waals surface area contributed by atoms with Gasteiger partial charge < -0.3 is 9.80 Å². The highest BCUT2D eigenvalue weighted by Crippen LogP contribution is 2.65. The normalized spacial score (nSPS) is 29.3. The van der Waals surface area contributed by atoms with Crippen LogP contribution in [-0.2, 0) is 15.0 Å². The minimum atomic E-state index is -0.539. The van der Waals surface area contributed by atoms with Gasteiger partial charge in [-0.15, -0.1) is 0 Å². The zero-order valence-corrected chi connectivity index (χ0v) is 15.8. The van der Waals surface area contributed by atoms with Crippen LogP contribution in [-0.4, -0.2) is 47.3 Å². The van der Waals surface area contributed by atoms with Crippen LogP contribution in [0.2, 0.25) is 0 Å². The molecule has 1 aromatic carbocycles. The third-order valence-electron chi connectivity index (χ3n) is 7.31. The fraction of sp³-hybridized carbons (Fsp3) is 0.619. The van der Waals surface area contributed by atoms with Crippen LogP contribution in [0.5, 0.6) is 0 Å². The molecule has 3 fully saturated rings. The van der Waals surface area contributed by atoms with Crippen LogP contribution in [0.15, 0.2) is 24.3 Å². The highest BCUT2D eigenvalue weighted by atomic mass is 19.1. The molecule has 3 aliphatic rings. The predicted molar refractivity (Wildman–Crippen MR) is 97.0 cm³/mol. The minimum Gasteiger partial charge on any atom is -0.342 e. The van der Waals surface area contributed by atoms with Crippen molar-refractivity contribution in [3.05, 3.63) is 35.6 Å². The molecule has 1 aromatic rings. The molecule has 2 aliphatic heterocycles. The van der Waals surface area contributed by atoms with E-state index in [4.69, 9.17) is 0 Å². The molecular formula is C21H27FN2O2. The molecule has 0 bridgehead atoms. The van der Waals surface area contributed by atoms with Gasteiger partial charge in [0.25, 0.3) is 0 Å². The summed E-state index contributed by atoms with van der Waals surface area (Å²) in [6.45, 7) is 5.61. The molecule has 0 aromatic heterocycles. The molecule has 0 N–H and O–H groups in total. The highest BCUT2D eigenvalue weighted by molar-refractivity contribution is 5.93. The molecule has 5 heteroatoms. The molecule has 140 valence electrons. The van der Waals surface area contributed by atoms with Gasteiger partial charge in [0.2, 0.25) is 11.8 Å². The zero-order valence-electron chi connectivity index (χ0n) is 15.8. The Morgan fingerprint density at radius 1 is 1.08 bits per heavy atom. The van der Waals surface area contributed by atoms with E-state index in [2.05, 4.69) is 13.8 Å². The molecule has 4 rings (SSSR count). The smallest absolute Gasteiger partial charge is 0.233 e. The van der Waals surface area contributed by atoms with Gasteiger partial charge in [0.15, 0.2) is 0 Å². The number of carbonyl (C=O) groups is 2. The number of rotatable bonds is 2. The summed E-state index contributed by atoms with van der Waals surface area (Å²) in [4.78, 5) is 29.3. The molecule has 1 saturated carbocycles. The highest BCUT2D eigenvalue weighted by Gasteiger charge is 2.68. The fourth-order valence-electron chi connectivity index (χ4n) is 5.26. The maximum atomic E-state index is 13.5. The summed E-state index contributed by atoms with van der Waals surface area (Å²) >= 11 is 0. The van der Waals surface area contributed by atoms with Gasteiger partial charge in [-0.1, -0.05) is 26.0 Å². The molecule has 2 heterocycles. The van der Waals surface area contributed by atoms with E-state index in [-0.39, 0.29) is 28.6 Å². The summed E-state index contributed by atoms with van der Waals surface area (Å²) in [6, 6.07) is 6.42. The minimum absolute atomic E-state index is 0.0596. The average Bonchev–Trinajstić information content (AvgIpc) is 3.12. The van der Waals surface area contributed by atoms with Gasteiger partial charge in [-0.2, -0.15) is 0 Å². The number of piperidine rings is 1. The lowest BCUT2D eigenvalue weighted by Crippen LogP contribution is -2.54. The Hall–Kier alpha value is -1.91. The summed E-state index contributed by atoms with van der Waals surface area (Å²) in [5.74, 6) is 0.107. The number of carbonyl (C=O) groups excluding carboxylic acids is 2. The van der Waals surface area contributed by atoms with Crippen molar-refractivity contribution >= 4 is 11.8 Å². The second-order valence-corrected chi connectivity index (χ2v) is 8.94. The van der Waals surface area contributed by atoms with Crippen LogP contribution in [0.1, 0.15) is 51.5 Å². The standard InChI is InChI=1S/C21H27FN2O2/c1-19(2)14-21(19,15-4-6-16(22)7-5-15)18(26)24-12-10-20(11-13-24)9-8-17(25)23(20)3/h4-7H,8-14H2,1-3H3/t21-/m0/s1. The molecule has 1 atom stereocenters. The van der Waals surface area contributed by atoms with Crippen molar-refractivity contribution in [1.82, 2.24) is 9.80 Å². The molecule has 4 nitrogen and oxygen atoms in total. The number of halogens is 1. The van der Waals surface area contributed by atoms with Crippen LogP contribution < -0.4 is 0 Å². The van der Waals surface area contributed by atoms with E-state index >= 15 is 0 Å². The second kappa shape index (κ2) is 5.54. The van der Waals surface area contributed by atoms with E-state index in [1.54, 1.807) is 12.1 Å². The van der Waals surface area contributed by atoms with E-state index in [0.717, 1.165) is 31.2 Å². The van der Waals surface area contributed by atoms with Crippen LogP contribution in [0, 0.1) is 11.2 Å². The first-order valence-corrected chi connectivity index (χ1v) is 9.54. The van der Waals surface area contributed by atoms with Crippen molar-refractivity contribution in [2.24, 2.45) is 5.41 Å². The van der Waals surface area contributed by atoms with Gasteiger partial charge in [0.05, 0.1) is 5.41 Å². The van der Waals surface area contributed by atoms with Gasteiger partial charge in [-0.05, 0) is 48.8 Å². The molecule has 0 unspecified atom stereocenters. The van der Waals surface area contributed by atoms with E-state index in [9.17, 15) is 14.0 Å². The Balaban J connectivity index is 1.54. The van der Waals surface area contributed by atoms with Crippen molar-refractivity contribution in [3.63, 3.8) is 0 Å². The third-order valence-corrected chi connectivity index (χ3v) is 7.31. The van der Waals surface area contributed by atoms with Crippen molar-refractivity contribution in [1.29, 1.82) is 0 Å². The summed E-state index contributed by atoms with van der Waals surface area (Å²) in [5, 5.41) is 0. The first-order valence-electron chi connectivity index (χ1n) is 9.54. The van der Waals surface area contributed by atoms with Crippen molar-refractivity contribution in [2.75, 3.05) is 20.1 Å². The molecule has 1 spiro atoms. The van der Waals surface area contributed by atoms with Gasteiger partial charge >= 0.3 is 0 Å². The summed E-state index contributed by atoms with van der Waals surface area (Å²) in [6.07, 6.45) is 4.02. The van der Waals surface area contributed by atoms with Crippen LogP contribution in [0.3, 0.4) is 0 Å². The number of likely N-dealkylation sites (tertiary alicyclic amines) is 2. The summed E-state index contributed by atoms with van der Waals surface area (Å²) in [7, 11) is 1.90. The zero-order chi connectivity index (χ0) is 18.7. The number of amides is 2. The van der Waals surface area contributed by atoms with E-state index < -0.39 is 5.41 Å². The Kier molecular flexibility index (Phi) is 3.73. The topological polar surface area (TPSA) is 40.6 Å². The van der Waals surface area contributed by atoms with Crippen molar-refractivity contribution in [3.8, 4) is 0 Å².